The summed E-state index contributed by atoms with van der Waals surface area (Å²) < 4.78 is 54.8. The van der Waals surface area contributed by atoms with E-state index in [1.54, 1.807) is 44.2 Å². The monoisotopic (exact) mass is 502 g/mol. The topological polar surface area (TPSA) is 92.3 Å². The molecule has 34 heavy (non-hydrogen) atoms. The second-order valence-corrected chi connectivity index (χ2v) is 13.2. The molecule has 2 N–H and O–H groups in total. The van der Waals surface area contributed by atoms with Crippen molar-refractivity contribution in [2.45, 2.75) is 55.1 Å². The number of rotatable bonds is 11. The molecule has 8 heteroatoms. The highest BCUT2D eigenvalue weighted by atomic mass is 32.2. The van der Waals surface area contributed by atoms with Crippen LogP contribution in [0.2, 0.25) is 0 Å². The van der Waals surface area contributed by atoms with Crippen molar-refractivity contribution in [3.8, 4) is 0 Å². The number of nitrogens with one attached hydrogen (secondary N) is 2. The third kappa shape index (κ3) is 6.44. The SMILES string of the molecule is CC(CNS(=O)(=O)C(C)C)c1ccc(C2(CCNS(=O)(=O)c3ccccc3)C=CC=CC2)cc1. The molecular weight excluding hydrogens is 468 g/mol. The van der Waals surface area contributed by atoms with Gasteiger partial charge in [0.2, 0.25) is 20.0 Å². The number of benzene rings is 2. The Morgan fingerprint density at radius 1 is 0.882 bits per heavy atom. The Labute approximate surface area is 204 Å². The minimum absolute atomic E-state index is 0.0259. The number of sulfonamides is 2. The summed E-state index contributed by atoms with van der Waals surface area (Å²) in [5.41, 5.74) is 1.84. The van der Waals surface area contributed by atoms with Crippen molar-refractivity contribution in [1.29, 1.82) is 0 Å². The molecular formula is C26H34N2O4S2. The van der Waals surface area contributed by atoms with Crippen LogP contribution in [0.15, 0.2) is 83.8 Å². The molecule has 0 aromatic heterocycles. The molecule has 0 heterocycles. The predicted molar refractivity (Wildman–Crippen MR) is 138 cm³/mol. The van der Waals surface area contributed by atoms with E-state index in [1.165, 1.54) is 0 Å². The minimum Gasteiger partial charge on any atom is -0.214 e. The van der Waals surface area contributed by atoms with Gasteiger partial charge in [-0.2, -0.15) is 0 Å². The normalized spacial score (nSPS) is 19.4. The van der Waals surface area contributed by atoms with E-state index in [-0.39, 0.29) is 16.2 Å². The van der Waals surface area contributed by atoms with E-state index < -0.39 is 25.3 Å². The van der Waals surface area contributed by atoms with Crippen molar-refractivity contribution in [1.82, 2.24) is 9.44 Å². The largest absolute Gasteiger partial charge is 0.240 e. The van der Waals surface area contributed by atoms with Crippen molar-refractivity contribution < 1.29 is 16.8 Å². The van der Waals surface area contributed by atoms with Crippen LogP contribution in [0.1, 0.15) is 50.7 Å². The summed E-state index contributed by atoms with van der Waals surface area (Å²) in [5.74, 6) is 0.0259. The molecule has 0 amide bonds. The van der Waals surface area contributed by atoms with Gasteiger partial charge >= 0.3 is 0 Å². The van der Waals surface area contributed by atoms with Crippen LogP contribution in [0.4, 0.5) is 0 Å². The fraction of sp³-hybridized carbons (Fsp3) is 0.385. The van der Waals surface area contributed by atoms with Crippen LogP contribution in [0.25, 0.3) is 0 Å². The molecule has 0 spiro atoms. The maximum Gasteiger partial charge on any atom is 0.240 e. The Bertz CT molecular complexity index is 1220. The molecule has 2 atom stereocenters. The average molecular weight is 503 g/mol. The second-order valence-electron chi connectivity index (χ2n) is 9.07. The molecule has 0 saturated carbocycles. The average Bonchev–Trinajstić information content (AvgIpc) is 2.83. The van der Waals surface area contributed by atoms with Gasteiger partial charge in [0.1, 0.15) is 0 Å². The first-order valence-electron chi connectivity index (χ1n) is 11.5. The fourth-order valence-corrected chi connectivity index (χ4v) is 5.84. The van der Waals surface area contributed by atoms with Crippen LogP contribution in [-0.2, 0) is 25.5 Å². The van der Waals surface area contributed by atoms with Crippen LogP contribution in [-0.4, -0.2) is 35.2 Å². The molecule has 0 aliphatic heterocycles. The molecule has 0 bridgehead atoms. The van der Waals surface area contributed by atoms with Gasteiger partial charge in [0, 0.05) is 18.5 Å². The molecule has 1 aliphatic rings. The van der Waals surface area contributed by atoms with Gasteiger partial charge in [-0.25, -0.2) is 26.3 Å². The van der Waals surface area contributed by atoms with Crippen LogP contribution in [0, 0.1) is 0 Å². The predicted octanol–water partition coefficient (Wildman–Crippen LogP) is 4.24. The summed E-state index contributed by atoms with van der Waals surface area (Å²) in [6.07, 6.45) is 9.64. The Hall–Kier alpha value is -2.26. The first-order valence-corrected chi connectivity index (χ1v) is 14.6. The Kier molecular flexibility index (Phi) is 8.52. The van der Waals surface area contributed by atoms with Crippen LogP contribution in [0.3, 0.4) is 0 Å². The van der Waals surface area contributed by atoms with E-state index in [2.05, 4.69) is 33.7 Å². The minimum atomic E-state index is -3.56. The Balaban J connectivity index is 1.70. The van der Waals surface area contributed by atoms with Gasteiger partial charge in [-0.1, -0.05) is 73.7 Å². The summed E-state index contributed by atoms with van der Waals surface area (Å²) in [6.45, 7) is 5.97. The molecule has 0 fully saturated rings. The molecule has 0 saturated heterocycles. The fourth-order valence-electron chi connectivity index (χ4n) is 3.97. The molecule has 3 rings (SSSR count). The molecule has 1 aliphatic carbocycles. The van der Waals surface area contributed by atoms with Crippen molar-refractivity contribution in [3.63, 3.8) is 0 Å². The molecule has 184 valence electrons. The maximum atomic E-state index is 12.6. The number of hydrogen-bond acceptors (Lipinski definition) is 4. The second kappa shape index (κ2) is 11.0. The van der Waals surface area contributed by atoms with E-state index in [4.69, 9.17) is 0 Å². The summed E-state index contributed by atoms with van der Waals surface area (Å²) in [5, 5.41) is -0.465. The highest BCUT2D eigenvalue weighted by Crippen LogP contribution is 2.36. The summed E-state index contributed by atoms with van der Waals surface area (Å²) >= 11 is 0. The van der Waals surface area contributed by atoms with Crippen molar-refractivity contribution in [3.05, 3.63) is 90.0 Å². The van der Waals surface area contributed by atoms with Gasteiger partial charge in [0.25, 0.3) is 0 Å². The van der Waals surface area contributed by atoms with Crippen LogP contribution >= 0.6 is 0 Å². The van der Waals surface area contributed by atoms with Gasteiger partial charge in [0.05, 0.1) is 10.1 Å². The molecule has 6 nitrogen and oxygen atoms in total. The van der Waals surface area contributed by atoms with E-state index >= 15 is 0 Å². The Morgan fingerprint density at radius 3 is 2.15 bits per heavy atom. The third-order valence-corrected chi connectivity index (χ3v) is 9.61. The van der Waals surface area contributed by atoms with E-state index in [9.17, 15) is 16.8 Å². The lowest BCUT2D eigenvalue weighted by atomic mass is 9.72. The highest BCUT2D eigenvalue weighted by Gasteiger charge is 2.30. The number of hydrogen-bond donors (Lipinski definition) is 2. The lowest BCUT2D eigenvalue weighted by Gasteiger charge is -2.32. The lowest BCUT2D eigenvalue weighted by molar-refractivity contribution is 0.485. The number of allylic oxidation sites excluding steroid dienone is 4. The molecule has 2 unspecified atom stereocenters. The van der Waals surface area contributed by atoms with Crippen molar-refractivity contribution in [2.24, 2.45) is 0 Å². The van der Waals surface area contributed by atoms with Gasteiger partial charge in [-0.3, -0.25) is 0 Å². The van der Waals surface area contributed by atoms with Crippen LogP contribution in [0.5, 0.6) is 0 Å². The molecule has 2 aromatic rings. The summed E-state index contributed by atoms with van der Waals surface area (Å²) in [6, 6.07) is 16.6. The zero-order valence-corrected chi connectivity index (χ0v) is 21.6. The molecule has 0 radical (unpaired) electrons. The first kappa shape index (κ1) is 26.3. The highest BCUT2D eigenvalue weighted by molar-refractivity contribution is 7.90. The van der Waals surface area contributed by atoms with Crippen molar-refractivity contribution in [2.75, 3.05) is 13.1 Å². The summed E-state index contributed by atoms with van der Waals surface area (Å²) in [4.78, 5) is 0.259. The smallest absolute Gasteiger partial charge is 0.214 e. The first-order chi connectivity index (χ1) is 16.1. The quantitative estimate of drug-likeness (QED) is 0.481. The maximum absolute atomic E-state index is 12.6. The van der Waals surface area contributed by atoms with Crippen LogP contribution < -0.4 is 9.44 Å². The lowest BCUT2D eigenvalue weighted by Crippen LogP contribution is -2.33. The zero-order valence-electron chi connectivity index (χ0n) is 19.9. The van der Waals surface area contributed by atoms with Crippen molar-refractivity contribution >= 4 is 20.0 Å². The van der Waals surface area contributed by atoms with Gasteiger partial charge < -0.3 is 0 Å². The van der Waals surface area contributed by atoms with E-state index in [0.717, 1.165) is 17.5 Å². The van der Waals surface area contributed by atoms with E-state index in [0.29, 0.717) is 19.5 Å². The zero-order chi connectivity index (χ0) is 24.8. The van der Waals surface area contributed by atoms with Gasteiger partial charge in [-0.15, -0.1) is 0 Å². The van der Waals surface area contributed by atoms with E-state index in [1.807, 2.05) is 31.2 Å². The molecule has 2 aromatic carbocycles. The Morgan fingerprint density at radius 2 is 1.56 bits per heavy atom. The summed E-state index contributed by atoms with van der Waals surface area (Å²) in [7, 11) is -6.86. The standard InChI is InChI=1S/C26H34N2O4S2/c1-21(2)33(29,30)28-20-22(3)23-12-14-24(15-13-23)26(16-8-5-9-17-26)18-19-27-34(31,32)25-10-6-4-7-11-25/h4-16,21-22,27-28H,17-20H2,1-3H3. The van der Waals surface area contributed by atoms with Gasteiger partial charge in [-0.05, 0) is 55.9 Å². The van der Waals surface area contributed by atoms with Gasteiger partial charge in [0.15, 0.2) is 0 Å². The third-order valence-electron chi connectivity index (χ3n) is 6.33.